The zero-order valence-corrected chi connectivity index (χ0v) is 13.9. The van der Waals surface area contributed by atoms with Gasteiger partial charge in [-0.25, -0.2) is 14.5 Å². The van der Waals surface area contributed by atoms with E-state index in [4.69, 9.17) is 0 Å². The maximum atomic E-state index is 12.7. The van der Waals surface area contributed by atoms with Gasteiger partial charge in [0.2, 0.25) is 0 Å². The van der Waals surface area contributed by atoms with Gasteiger partial charge in [-0.05, 0) is 32.3 Å². The first-order chi connectivity index (χ1) is 12.1. The van der Waals surface area contributed by atoms with Crippen molar-refractivity contribution in [3.8, 4) is 0 Å². The quantitative estimate of drug-likeness (QED) is 0.745. The molecule has 0 radical (unpaired) electrons. The van der Waals surface area contributed by atoms with E-state index in [0.29, 0.717) is 11.2 Å². The van der Waals surface area contributed by atoms with Crippen molar-refractivity contribution in [2.24, 2.45) is 0 Å². The lowest BCUT2D eigenvalue weighted by Crippen LogP contribution is -2.49. The first kappa shape index (κ1) is 15.8. The van der Waals surface area contributed by atoms with Crippen LogP contribution >= 0.6 is 0 Å². The molecular weight excluding hydrogens is 320 g/mol. The van der Waals surface area contributed by atoms with Gasteiger partial charge in [-0.1, -0.05) is 0 Å². The van der Waals surface area contributed by atoms with E-state index >= 15 is 0 Å². The second-order valence-corrected chi connectivity index (χ2v) is 6.40. The summed E-state index contributed by atoms with van der Waals surface area (Å²) < 4.78 is 3.55. The number of nitrogens with zero attached hydrogens (tertiary/aromatic N) is 5. The standard InChI is InChI=1S/C17H20N6O2/c1-11-18-7-9-22(11)14-5-2-4-13(15(14)24)21-17(25)12-10-20-23-8-3-6-19-16(12)23/h3,6-10,13-15,24H,2,4-5H2,1H3,(H,21,25)/t13-,14-,15-/m1/s1. The molecule has 0 aromatic carbocycles. The van der Waals surface area contributed by atoms with E-state index in [9.17, 15) is 9.90 Å². The molecule has 1 fully saturated rings. The van der Waals surface area contributed by atoms with Gasteiger partial charge in [-0.2, -0.15) is 5.10 Å². The number of nitrogens with one attached hydrogen (secondary N) is 1. The van der Waals surface area contributed by atoms with E-state index in [1.807, 2.05) is 17.7 Å². The Balaban J connectivity index is 1.53. The topological polar surface area (TPSA) is 97.3 Å². The zero-order valence-electron chi connectivity index (χ0n) is 13.9. The van der Waals surface area contributed by atoms with Crippen molar-refractivity contribution in [2.45, 2.75) is 44.4 Å². The molecule has 0 aliphatic heterocycles. The Labute approximate surface area is 144 Å². The number of fused-ring (bicyclic) bond motifs is 1. The van der Waals surface area contributed by atoms with Gasteiger partial charge in [-0.3, -0.25) is 4.79 Å². The van der Waals surface area contributed by atoms with Crippen LogP contribution in [-0.4, -0.2) is 47.3 Å². The maximum absolute atomic E-state index is 12.7. The van der Waals surface area contributed by atoms with Crippen LogP contribution in [0.2, 0.25) is 0 Å². The van der Waals surface area contributed by atoms with Gasteiger partial charge in [-0.15, -0.1) is 0 Å². The lowest BCUT2D eigenvalue weighted by atomic mass is 9.87. The predicted molar refractivity (Wildman–Crippen MR) is 90.1 cm³/mol. The lowest BCUT2D eigenvalue weighted by Gasteiger charge is -2.36. The molecule has 0 unspecified atom stereocenters. The summed E-state index contributed by atoms with van der Waals surface area (Å²) in [6.45, 7) is 1.92. The summed E-state index contributed by atoms with van der Waals surface area (Å²) in [5.41, 5.74) is 0.918. The van der Waals surface area contributed by atoms with Crippen molar-refractivity contribution < 1.29 is 9.90 Å². The highest BCUT2D eigenvalue weighted by molar-refractivity contribution is 5.99. The molecule has 0 bridgehead atoms. The van der Waals surface area contributed by atoms with Crippen LogP contribution in [0.3, 0.4) is 0 Å². The lowest BCUT2D eigenvalue weighted by molar-refractivity contribution is 0.0392. The number of aliphatic hydroxyl groups is 1. The van der Waals surface area contributed by atoms with Gasteiger partial charge < -0.3 is 15.0 Å². The smallest absolute Gasteiger partial charge is 0.257 e. The van der Waals surface area contributed by atoms with E-state index < -0.39 is 6.10 Å². The molecule has 2 N–H and O–H groups in total. The third-order valence-electron chi connectivity index (χ3n) is 4.88. The summed E-state index contributed by atoms with van der Waals surface area (Å²) >= 11 is 0. The SMILES string of the molecule is Cc1nccn1[C@@H]1CCC[C@@H](NC(=O)c2cnn3cccnc23)[C@H]1O. The van der Waals surface area contributed by atoms with Crippen LogP contribution in [0.1, 0.15) is 41.5 Å². The Morgan fingerprint density at radius 2 is 2.16 bits per heavy atom. The van der Waals surface area contributed by atoms with Gasteiger partial charge in [0.1, 0.15) is 11.4 Å². The van der Waals surface area contributed by atoms with E-state index in [1.165, 1.54) is 6.20 Å². The van der Waals surface area contributed by atoms with Crippen molar-refractivity contribution >= 4 is 11.6 Å². The Bertz CT molecular complexity index is 901. The third-order valence-corrected chi connectivity index (χ3v) is 4.88. The van der Waals surface area contributed by atoms with Crippen molar-refractivity contribution in [1.82, 2.24) is 29.5 Å². The van der Waals surface area contributed by atoms with E-state index in [1.54, 1.807) is 29.2 Å². The second-order valence-electron chi connectivity index (χ2n) is 6.40. The van der Waals surface area contributed by atoms with Gasteiger partial charge in [0, 0.05) is 24.8 Å². The number of rotatable bonds is 3. The number of aliphatic hydroxyl groups excluding tert-OH is 1. The zero-order chi connectivity index (χ0) is 17.4. The molecule has 130 valence electrons. The van der Waals surface area contributed by atoms with Crippen molar-refractivity contribution in [3.63, 3.8) is 0 Å². The van der Waals surface area contributed by atoms with Crippen LogP contribution in [0, 0.1) is 6.92 Å². The van der Waals surface area contributed by atoms with Crippen molar-refractivity contribution in [3.05, 3.63) is 48.4 Å². The van der Waals surface area contributed by atoms with E-state index in [-0.39, 0.29) is 18.0 Å². The molecule has 3 atom stereocenters. The average molecular weight is 340 g/mol. The summed E-state index contributed by atoms with van der Waals surface area (Å²) in [7, 11) is 0. The average Bonchev–Trinajstić information content (AvgIpc) is 3.23. The molecule has 3 aromatic rings. The fraction of sp³-hybridized carbons (Fsp3) is 0.412. The highest BCUT2D eigenvalue weighted by atomic mass is 16.3. The summed E-state index contributed by atoms with van der Waals surface area (Å²) in [5.74, 6) is 0.601. The van der Waals surface area contributed by atoms with Gasteiger partial charge in [0.05, 0.1) is 24.4 Å². The second kappa shape index (κ2) is 6.29. The fourth-order valence-electron chi connectivity index (χ4n) is 3.59. The number of imidazole rings is 1. The molecule has 0 saturated heterocycles. The highest BCUT2D eigenvalue weighted by Crippen LogP contribution is 2.30. The molecule has 1 amide bonds. The van der Waals surface area contributed by atoms with Gasteiger partial charge in [0.25, 0.3) is 5.91 Å². The van der Waals surface area contributed by atoms with E-state index in [0.717, 1.165) is 25.1 Å². The largest absolute Gasteiger partial charge is 0.389 e. The number of carbonyl (C=O) groups is 1. The molecule has 1 aliphatic rings. The minimum absolute atomic E-state index is 0.0800. The number of aryl methyl sites for hydroxylation is 1. The molecule has 8 nitrogen and oxygen atoms in total. The molecule has 1 aliphatic carbocycles. The number of amides is 1. The summed E-state index contributed by atoms with van der Waals surface area (Å²) in [5, 5.41) is 17.9. The molecule has 3 aromatic heterocycles. The van der Waals surface area contributed by atoms with Crippen LogP contribution in [0.15, 0.2) is 37.1 Å². The van der Waals surface area contributed by atoms with Gasteiger partial charge >= 0.3 is 0 Å². The number of hydrogen-bond donors (Lipinski definition) is 2. The molecule has 4 rings (SSSR count). The normalized spacial score (nSPS) is 23.7. The molecule has 25 heavy (non-hydrogen) atoms. The Morgan fingerprint density at radius 3 is 2.96 bits per heavy atom. The maximum Gasteiger partial charge on any atom is 0.257 e. The first-order valence-electron chi connectivity index (χ1n) is 8.42. The third kappa shape index (κ3) is 2.78. The van der Waals surface area contributed by atoms with Crippen molar-refractivity contribution in [2.75, 3.05) is 0 Å². The Hall–Kier alpha value is -2.74. The predicted octanol–water partition coefficient (Wildman–Crippen LogP) is 1.12. The minimum Gasteiger partial charge on any atom is -0.389 e. The molecular formula is C17H20N6O2. The molecule has 8 heteroatoms. The fourth-order valence-corrected chi connectivity index (χ4v) is 3.59. The Morgan fingerprint density at radius 1 is 1.28 bits per heavy atom. The van der Waals surface area contributed by atoms with Crippen LogP contribution in [0.25, 0.3) is 5.65 Å². The minimum atomic E-state index is -0.666. The first-order valence-corrected chi connectivity index (χ1v) is 8.42. The molecule has 1 saturated carbocycles. The highest BCUT2D eigenvalue weighted by Gasteiger charge is 2.34. The molecule has 0 spiro atoms. The van der Waals surface area contributed by atoms with Gasteiger partial charge in [0.15, 0.2) is 5.65 Å². The molecule has 3 heterocycles. The number of hydrogen-bond acceptors (Lipinski definition) is 5. The van der Waals surface area contributed by atoms with Crippen LogP contribution < -0.4 is 5.32 Å². The van der Waals surface area contributed by atoms with Crippen molar-refractivity contribution in [1.29, 1.82) is 0 Å². The van der Waals surface area contributed by atoms with Crippen LogP contribution in [-0.2, 0) is 0 Å². The number of aromatic nitrogens is 5. The summed E-state index contributed by atoms with van der Waals surface area (Å²) in [6.07, 6.45) is 10.3. The monoisotopic (exact) mass is 340 g/mol. The van der Waals surface area contributed by atoms with E-state index in [2.05, 4.69) is 20.4 Å². The Kier molecular flexibility index (Phi) is 3.96. The summed E-state index contributed by atoms with van der Waals surface area (Å²) in [4.78, 5) is 21.1. The summed E-state index contributed by atoms with van der Waals surface area (Å²) in [6, 6.07) is 1.36. The van der Waals surface area contributed by atoms with Crippen LogP contribution in [0.4, 0.5) is 0 Å². The number of carbonyl (C=O) groups excluding carboxylic acids is 1. The van der Waals surface area contributed by atoms with Crippen LogP contribution in [0.5, 0.6) is 0 Å².